The molecule has 1 aliphatic rings. The van der Waals surface area contributed by atoms with Crippen molar-refractivity contribution in [3.05, 3.63) is 28.2 Å². The Kier molecular flexibility index (Phi) is 5.91. The Labute approximate surface area is 150 Å². The van der Waals surface area contributed by atoms with Crippen molar-refractivity contribution in [2.75, 3.05) is 19.3 Å². The van der Waals surface area contributed by atoms with Crippen molar-refractivity contribution in [2.45, 2.75) is 44.1 Å². The maximum Gasteiger partial charge on any atom is 0.275 e. The molecule has 24 heavy (non-hydrogen) atoms. The van der Waals surface area contributed by atoms with Crippen LogP contribution in [-0.2, 0) is 17.9 Å². The van der Waals surface area contributed by atoms with E-state index in [9.17, 15) is 4.79 Å². The summed E-state index contributed by atoms with van der Waals surface area (Å²) in [7, 11) is 0. The summed E-state index contributed by atoms with van der Waals surface area (Å²) in [4.78, 5) is 14.8. The number of carbonyl (C=O) groups is 1. The van der Waals surface area contributed by atoms with Crippen LogP contribution in [-0.4, -0.2) is 40.0 Å². The van der Waals surface area contributed by atoms with Gasteiger partial charge in [-0.1, -0.05) is 17.8 Å². The van der Waals surface area contributed by atoms with Crippen LogP contribution in [0.4, 0.5) is 0 Å². The van der Waals surface area contributed by atoms with Gasteiger partial charge in [-0.05, 0) is 24.6 Å². The molecule has 3 heterocycles. The van der Waals surface area contributed by atoms with Gasteiger partial charge in [-0.2, -0.15) is 0 Å². The molecule has 2 N–H and O–H groups in total. The Morgan fingerprint density at radius 2 is 2.42 bits per heavy atom. The summed E-state index contributed by atoms with van der Waals surface area (Å²) in [5.41, 5.74) is 0. The maximum atomic E-state index is 12.3. The van der Waals surface area contributed by atoms with Crippen LogP contribution >= 0.6 is 23.1 Å². The zero-order valence-electron chi connectivity index (χ0n) is 14.1. The number of likely N-dealkylation sites (tertiary alicyclic amines) is 1. The van der Waals surface area contributed by atoms with E-state index in [0.717, 1.165) is 36.9 Å². The van der Waals surface area contributed by atoms with E-state index in [0.29, 0.717) is 13.1 Å². The number of carbonyl (C=O) groups excluding carboxylic acids is 1. The number of nitrogens with zero attached hydrogens (tertiary/aromatic N) is 3. The fraction of sp³-hybridized carbons (Fsp3) is 0.562. The second-order valence-corrected chi connectivity index (χ2v) is 7.73. The maximum absolute atomic E-state index is 12.3. The number of thiophene rings is 1. The highest BCUT2D eigenvalue weighted by atomic mass is 32.2. The molecule has 2 aromatic heterocycles. The minimum absolute atomic E-state index is 0.109. The van der Waals surface area contributed by atoms with Crippen LogP contribution in [0.15, 0.2) is 22.7 Å². The first-order valence-corrected chi connectivity index (χ1v) is 10.4. The molecule has 1 amide bonds. The Morgan fingerprint density at radius 3 is 3.12 bits per heavy atom. The second kappa shape index (κ2) is 8.13. The minimum Gasteiger partial charge on any atom is -0.346 e. The van der Waals surface area contributed by atoms with E-state index in [1.165, 1.54) is 9.78 Å². The number of hydrogen-bond donors (Lipinski definition) is 2. The summed E-state index contributed by atoms with van der Waals surface area (Å²) < 4.78 is 2.18. The van der Waals surface area contributed by atoms with Gasteiger partial charge in [-0.25, -0.2) is 0 Å². The first kappa shape index (κ1) is 17.4. The highest BCUT2D eigenvalue weighted by molar-refractivity contribution is 7.98. The third-order valence-corrected chi connectivity index (χ3v) is 6.01. The van der Waals surface area contributed by atoms with E-state index >= 15 is 0 Å². The van der Waals surface area contributed by atoms with Crippen LogP contribution in [0.3, 0.4) is 0 Å². The minimum atomic E-state index is 0.109. The second-order valence-electron chi connectivity index (χ2n) is 5.93. The number of nitrogens with one attached hydrogen (secondary N) is 2. The molecule has 0 spiro atoms. The van der Waals surface area contributed by atoms with Gasteiger partial charge in [0, 0.05) is 24.3 Å². The average Bonchev–Trinajstić information content (AvgIpc) is 3.32. The molecule has 1 fully saturated rings. The van der Waals surface area contributed by atoms with E-state index in [-0.39, 0.29) is 11.9 Å². The smallest absolute Gasteiger partial charge is 0.275 e. The number of rotatable bonds is 7. The normalized spacial score (nSPS) is 20.4. The van der Waals surface area contributed by atoms with Gasteiger partial charge >= 0.3 is 0 Å². The molecular weight excluding hydrogens is 342 g/mol. The lowest BCUT2D eigenvalue weighted by Gasteiger charge is -2.21. The lowest BCUT2D eigenvalue weighted by molar-refractivity contribution is -0.911. The summed E-state index contributed by atoms with van der Waals surface area (Å²) in [5, 5.41) is 14.7. The van der Waals surface area contributed by atoms with Crippen LogP contribution in [0, 0.1) is 0 Å². The van der Waals surface area contributed by atoms with Gasteiger partial charge in [-0.3, -0.25) is 4.79 Å². The highest BCUT2D eigenvalue weighted by Gasteiger charge is 2.35. The Bertz CT molecular complexity index is 670. The molecule has 2 atom stereocenters. The topological polar surface area (TPSA) is 64.2 Å². The summed E-state index contributed by atoms with van der Waals surface area (Å²) in [6.45, 7) is 5.13. The monoisotopic (exact) mass is 366 g/mol. The summed E-state index contributed by atoms with van der Waals surface area (Å²) in [6.07, 6.45) is 4.22. The van der Waals surface area contributed by atoms with Crippen LogP contribution in [0.1, 0.15) is 36.5 Å². The molecular formula is C16H24N5OS2+. The molecule has 1 aliphatic heterocycles. The Morgan fingerprint density at radius 1 is 1.54 bits per heavy atom. The van der Waals surface area contributed by atoms with Crippen LogP contribution in [0.25, 0.3) is 0 Å². The van der Waals surface area contributed by atoms with Gasteiger partial charge < -0.3 is 14.8 Å². The molecule has 0 radical (unpaired) electrons. The molecule has 0 saturated carbocycles. The SMILES string of the molecule is CCn1c(SC)nnc1[C@H]1CCC[NH+]1CC(=O)NCc1cccs1. The molecule has 2 aromatic rings. The fourth-order valence-electron chi connectivity index (χ4n) is 3.31. The van der Waals surface area contributed by atoms with E-state index in [4.69, 9.17) is 0 Å². The lowest BCUT2D eigenvalue weighted by Crippen LogP contribution is -3.11. The van der Waals surface area contributed by atoms with Crippen molar-refractivity contribution in [2.24, 2.45) is 0 Å². The van der Waals surface area contributed by atoms with Crippen molar-refractivity contribution in [1.29, 1.82) is 0 Å². The molecule has 0 aliphatic carbocycles. The lowest BCUT2D eigenvalue weighted by atomic mass is 10.2. The van der Waals surface area contributed by atoms with Crippen molar-refractivity contribution < 1.29 is 9.69 Å². The fourth-order valence-corrected chi connectivity index (χ4v) is 4.52. The zero-order chi connectivity index (χ0) is 16.9. The van der Waals surface area contributed by atoms with Gasteiger partial charge in [0.2, 0.25) is 0 Å². The van der Waals surface area contributed by atoms with Crippen molar-refractivity contribution in [3.8, 4) is 0 Å². The van der Waals surface area contributed by atoms with Gasteiger partial charge in [0.15, 0.2) is 17.5 Å². The molecule has 0 aromatic carbocycles. The van der Waals surface area contributed by atoms with Crippen molar-refractivity contribution in [3.63, 3.8) is 0 Å². The standard InChI is InChI=1S/C16H23N5OS2/c1-3-21-15(18-19-16(21)23-2)13-7-4-8-20(13)11-14(22)17-10-12-6-5-9-24-12/h5-6,9,13H,3-4,7-8,10-11H2,1-2H3,(H,17,22)/p+1/t13-/m1/s1. The predicted octanol–water partition coefficient (Wildman–Crippen LogP) is 1.12. The Balaban J connectivity index is 1.63. The molecule has 0 bridgehead atoms. The molecule has 1 unspecified atom stereocenters. The number of quaternary nitrogens is 1. The van der Waals surface area contributed by atoms with Gasteiger partial charge in [0.05, 0.1) is 13.1 Å². The molecule has 1 saturated heterocycles. The first-order valence-electron chi connectivity index (χ1n) is 8.33. The van der Waals surface area contributed by atoms with E-state index in [1.54, 1.807) is 23.1 Å². The number of thioether (sulfide) groups is 1. The van der Waals surface area contributed by atoms with E-state index in [2.05, 4.69) is 27.0 Å². The summed E-state index contributed by atoms with van der Waals surface area (Å²) in [6, 6.07) is 4.32. The molecule has 6 nitrogen and oxygen atoms in total. The zero-order valence-corrected chi connectivity index (χ0v) is 15.8. The third-order valence-electron chi connectivity index (χ3n) is 4.47. The van der Waals surface area contributed by atoms with Gasteiger partial charge in [0.25, 0.3) is 5.91 Å². The van der Waals surface area contributed by atoms with Gasteiger partial charge in [-0.15, -0.1) is 21.5 Å². The van der Waals surface area contributed by atoms with Crippen molar-refractivity contribution >= 4 is 29.0 Å². The van der Waals surface area contributed by atoms with E-state index < -0.39 is 0 Å². The molecule has 3 rings (SSSR count). The first-order chi connectivity index (χ1) is 11.7. The van der Waals surface area contributed by atoms with Crippen LogP contribution in [0.2, 0.25) is 0 Å². The largest absolute Gasteiger partial charge is 0.346 e. The summed E-state index contributed by atoms with van der Waals surface area (Å²) in [5.74, 6) is 1.14. The average molecular weight is 367 g/mol. The van der Waals surface area contributed by atoms with Crippen molar-refractivity contribution in [1.82, 2.24) is 20.1 Å². The molecule has 130 valence electrons. The number of amides is 1. The van der Waals surface area contributed by atoms with Gasteiger partial charge in [0.1, 0.15) is 6.04 Å². The Hall–Kier alpha value is -1.38. The third kappa shape index (κ3) is 3.81. The van der Waals surface area contributed by atoms with E-state index in [1.807, 2.05) is 23.8 Å². The van der Waals surface area contributed by atoms with Crippen LogP contribution < -0.4 is 10.2 Å². The quantitative estimate of drug-likeness (QED) is 0.721. The van der Waals surface area contributed by atoms with Crippen LogP contribution in [0.5, 0.6) is 0 Å². The highest BCUT2D eigenvalue weighted by Crippen LogP contribution is 2.21. The number of hydrogen-bond acceptors (Lipinski definition) is 5. The predicted molar refractivity (Wildman–Crippen MR) is 96.3 cm³/mol. The summed E-state index contributed by atoms with van der Waals surface area (Å²) >= 11 is 3.29. The molecule has 8 heteroatoms. The number of aromatic nitrogens is 3.